The third-order valence-electron chi connectivity index (χ3n) is 2.94. The number of nitrogens with zero attached hydrogens (tertiary/aromatic N) is 2. The molecule has 0 unspecified atom stereocenters. The fourth-order valence-electron chi connectivity index (χ4n) is 1.96. The zero-order valence-corrected chi connectivity index (χ0v) is 15.2. The molecule has 2 nitrogen and oxygen atoms in total. The third-order valence-corrected chi connectivity index (χ3v) is 5.05. The molecule has 0 aliphatic heterocycles. The van der Waals surface area contributed by atoms with Crippen molar-refractivity contribution in [2.24, 2.45) is 0 Å². The molecule has 0 saturated heterocycles. The highest BCUT2D eigenvalue weighted by Gasteiger charge is 2.13. The average Bonchev–Trinajstić information content (AvgIpc) is 2.51. The summed E-state index contributed by atoms with van der Waals surface area (Å²) < 4.78 is 1.85. The van der Waals surface area contributed by atoms with Crippen LogP contribution in [0.5, 0.6) is 0 Å². The van der Waals surface area contributed by atoms with Crippen LogP contribution in [0.25, 0.3) is 22.6 Å². The molecule has 0 spiro atoms. The van der Waals surface area contributed by atoms with Gasteiger partial charge in [-0.2, -0.15) is 0 Å². The van der Waals surface area contributed by atoms with E-state index in [4.69, 9.17) is 16.6 Å². The standard InChI is InChI=1S/C16H9BrClIN2/c17-12-8-4-7-11(9-12)16-20-14(13(19)15(18)21-16)10-5-2-1-3-6-10/h1-9H. The zero-order valence-electron chi connectivity index (χ0n) is 10.7. The molecule has 0 aliphatic rings. The minimum absolute atomic E-state index is 0.472. The summed E-state index contributed by atoms with van der Waals surface area (Å²) in [6, 6.07) is 17.9. The number of hydrogen-bond donors (Lipinski definition) is 0. The van der Waals surface area contributed by atoms with E-state index in [0.717, 1.165) is 24.9 Å². The molecule has 3 rings (SSSR count). The van der Waals surface area contributed by atoms with Crippen LogP contribution in [0.2, 0.25) is 5.15 Å². The van der Waals surface area contributed by atoms with Crippen molar-refractivity contribution in [3.63, 3.8) is 0 Å². The van der Waals surface area contributed by atoms with Crippen molar-refractivity contribution in [2.75, 3.05) is 0 Å². The summed E-state index contributed by atoms with van der Waals surface area (Å²) in [6.45, 7) is 0. The molecule has 0 radical (unpaired) electrons. The SMILES string of the molecule is Clc1nc(-c2cccc(Br)c2)nc(-c2ccccc2)c1I. The minimum Gasteiger partial charge on any atom is -0.227 e. The van der Waals surface area contributed by atoms with Crippen LogP contribution in [-0.4, -0.2) is 9.97 Å². The molecule has 104 valence electrons. The monoisotopic (exact) mass is 470 g/mol. The van der Waals surface area contributed by atoms with Gasteiger partial charge >= 0.3 is 0 Å². The number of hydrogen-bond acceptors (Lipinski definition) is 2. The van der Waals surface area contributed by atoms with Gasteiger partial charge in [-0.1, -0.05) is 70.0 Å². The first kappa shape index (κ1) is 14.9. The molecule has 5 heteroatoms. The van der Waals surface area contributed by atoms with Crippen LogP contribution in [-0.2, 0) is 0 Å². The summed E-state index contributed by atoms with van der Waals surface area (Å²) >= 11 is 11.9. The first-order chi connectivity index (χ1) is 10.1. The Morgan fingerprint density at radius 3 is 2.33 bits per heavy atom. The molecular formula is C16H9BrClIN2. The molecule has 0 saturated carbocycles. The molecular weight excluding hydrogens is 462 g/mol. The summed E-state index contributed by atoms with van der Waals surface area (Å²) in [7, 11) is 0. The second-order valence-corrected chi connectivity index (χ2v) is 6.73. The molecule has 0 bridgehead atoms. The van der Waals surface area contributed by atoms with E-state index in [1.165, 1.54) is 0 Å². The normalized spacial score (nSPS) is 10.6. The molecule has 0 atom stereocenters. The second-order valence-electron chi connectivity index (χ2n) is 4.38. The van der Waals surface area contributed by atoms with Gasteiger partial charge in [0.2, 0.25) is 0 Å². The fraction of sp³-hybridized carbons (Fsp3) is 0. The van der Waals surface area contributed by atoms with Crippen molar-refractivity contribution in [3.8, 4) is 22.6 Å². The Hall–Kier alpha value is -0.980. The predicted octanol–water partition coefficient (Wildman–Crippen LogP) is 5.83. The Morgan fingerprint density at radius 1 is 0.905 bits per heavy atom. The Kier molecular flexibility index (Phi) is 4.57. The number of aromatic nitrogens is 2. The lowest BCUT2D eigenvalue weighted by Gasteiger charge is -2.09. The van der Waals surface area contributed by atoms with Crippen molar-refractivity contribution in [2.45, 2.75) is 0 Å². The van der Waals surface area contributed by atoms with Crippen LogP contribution in [0.4, 0.5) is 0 Å². The highest BCUT2D eigenvalue weighted by molar-refractivity contribution is 14.1. The molecule has 0 fully saturated rings. The highest BCUT2D eigenvalue weighted by atomic mass is 127. The number of benzene rings is 2. The van der Waals surface area contributed by atoms with Crippen molar-refractivity contribution in [1.29, 1.82) is 0 Å². The van der Waals surface area contributed by atoms with Gasteiger partial charge in [0.05, 0.1) is 9.26 Å². The topological polar surface area (TPSA) is 25.8 Å². The Balaban J connectivity index is 2.19. The highest BCUT2D eigenvalue weighted by Crippen LogP contribution is 2.31. The molecule has 21 heavy (non-hydrogen) atoms. The first-order valence-electron chi connectivity index (χ1n) is 6.19. The van der Waals surface area contributed by atoms with Gasteiger partial charge in [-0.15, -0.1) is 0 Å². The van der Waals surface area contributed by atoms with E-state index < -0.39 is 0 Å². The van der Waals surface area contributed by atoms with Gasteiger partial charge in [-0.25, -0.2) is 9.97 Å². The largest absolute Gasteiger partial charge is 0.227 e. The van der Waals surface area contributed by atoms with Crippen LogP contribution in [0.1, 0.15) is 0 Å². The van der Waals surface area contributed by atoms with Crippen LogP contribution in [0, 0.1) is 3.57 Å². The molecule has 3 aromatic rings. The zero-order chi connectivity index (χ0) is 14.8. The van der Waals surface area contributed by atoms with Crippen molar-refractivity contribution in [3.05, 3.63) is 67.8 Å². The van der Waals surface area contributed by atoms with E-state index in [1.54, 1.807) is 0 Å². The van der Waals surface area contributed by atoms with Crippen molar-refractivity contribution >= 4 is 50.1 Å². The van der Waals surface area contributed by atoms with Gasteiger partial charge in [0.25, 0.3) is 0 Å². The maximum absolute atomic E-state index is 6.29. The maximum Gasteiger partial charge on any atom is 0.161 e. The van der Waals surface area contributed by atoms with E-state index in [9.17, 15) is 0 Å². The summed E-state index contributed by atoms with van der Waals surface area (Å²) in [5.74, 6) is 0.626. The van der Waals surface area contributed by atoms with Crippen LogP contribution < -0.4 is 0 Å². The predicted molar refractivity (Wildman–Crippen MR) is 98.3 cm³/mol. The van der Waals surface area contributed by atoms with Gasteiger partial charge in [0.1, 0.15) is 5.15 Å². The summed E-state index contributed by atoms with van der Waals surface area (Å²) in [4.78, 5) is 9.09. The van der Waals surface area contributed by atoms with E-state index in [-0.39, 0.29) is 0 Å². The van der Waals surface area contributed by atoms with Crippen molar-refractivity contribution < 1.29 is 0 Å². The summed E-state index contributed by atoms with van der Waals surface area (Å²) in [5.41, 5.74) is 2.81. The Bertz CT molecular complexity index is 794. The first-order valence-corrected chi connectivity index (χ1v) is 8.44. The Morgan fingerprint density at radius 2 is 1.62 bits per heavy atom. The quantitative estimate of drug-likeness (QED) is 0.347. The summed E-state index contributed by atoms with van der Waals surface area (Å²) in [6.07, 6.45) is 0. The lowest BCUT2D eigenvalue weighted by atomic mass is 10.1. The lowest BCUT2D eigenvalue weighted by molar-refractivity contribution is 1.16. The third kappa shape index (κ3) is 3.27. The molecule has 0 amide bonds. The van der Waals surface area contributed by atoms with Gasteiger partial charge in [-0.3, -0.25) is 0 Å². The molecule has 1 aromatic heterocycles. The fourth-order valence-corrected chi connectivity index (χ4v) is 3.09. The van der Waals surface area contributed by atoms with Gasteiger partial charge in [-0.05, 0) is 34.7 Å². The number of rotatable bonds is 2. The van der Waals surface area contributed by atoms with E-state index in [0.29, 0.717) is 11.0 Å². The molecule has 0 N–H and O–H groups in total. The van der Waals surface area contributed by atoms with Gasteiger partial charge in [0.15, 0.2) is 5.82 Å². The van der Waals surface area contributed by atoms with Gasteiger partial charge in [0, 0.05) is 15.6 Å². The van der Waals surface area contributed by atoms with Crippen LogP contribution >= 0.6 is 50.1 Å². The molecule has 1 heterocycles. The minimum atomic E-state index is 0.472. The van der Waals surface area contributed by atoms with Crippen molar-refractivity contribution in [1.82, 2.24) is 9.97 Å². The molecule has 2 aromatic carbocycles. The van der Waals surface area contributed by atoms with E-state index in [2.05, 4.69) is 43.5 Å². The smallest absolute Gasteiger partial charge is 0.161 e. The lowest BCUT2D eigenvalue weighted by Crippen LogP contribution is -1.97. The summed E-state index contributed by atoms with van der Waals surface area (Å²) in [5, 5.41) is 0.472. The van der Waals surface area contributed by atoms with Crippen LogP contribution in [0.3, 0.4) is 0 Å². The van der Waals surface area contributed by atoms with E-state index >= 15 is 0 Å². The molecule has 0 aliphatic carbocycles. The van der Waals surface area contributed by atoms with Crippen LogP contribution in [0.15, 0.2) is 59.1 Å². The number of halogens is 3. The average molecular weight is 472 g/mol. The maximum atomic E-state index is 6.29. The second kappa shape index (κ2) is 6.42. The Labute approximate surface area is 149 Å². The van der Waals surface area contributed by atoms with E-state index in [1.807, 2.05) is 54.6 Å². The van der Waals surface area contributed by atoms with Gasteiger partial charge < -0.3 is 0 Å².